The van der Waals surface area contributed by atoms with E-state index >= 15 is 0 Å². The number of hydrogen-bond donors (Lipinski definition) is 0. The summed E-state index contributed by atoms with van der Waals surface area (Å²) in [7, 11) is 3.27. The predicted molar refractivity (Wildman–Crippen MR) is 69.3 cm³/mol. The molecule has 0 saturated heterocycles. The summed E-state index contributed by atoms with van der Waals surface area (Å²) in [5.41, 5.74) is 1.79. The maximum absolute atomic E-state index is 5.39. The second-order valence-electron chi connectivity index (χ2n) is 3.90. The lowest BCUT2D eigenvalue weighted by Crippen LogP contribution is -1.96. The molecule has 0 spiro atoms. The first kappa shape index (κ1) is 11.5. The molecule has 0 aliphatic rings. The van der Waals surface area contributed by atoms with Gasteiger partial charge in [0, 0.05) is 11.8 Å². The van der Waals surface area contributed by atoms with Crippen molar-refractivity contribution in [2.45, 2.75) is 0 Å². The quantitative estimate of drug-likeness (QED) is 0.715. The number of hydrogen-bond acceptors (Lipinski definition) is 5. The Labute approximate surface area is 109 Å². The molecule has 0 fully saturated rings. The van der Waals surface area contributed by atoms with Crippen molar-refractivity contribution in [2.75, 3.05) is 14.2 Å². The van der Waals surface area contributed by atoms with E-state index in [1.807, 2.05) is 24.3 Å². The summed E-state index contributed by atoms with van der Waals surface area (Å²) in [6, 6.07) is 7.51. The Morgan fingerprint density at radius 2 is 2.00 bits per heavy atom. The van der Waals surface area contributed by atoms with E-state index in [-0.39, 0.29) is 0 Å². The highest BCUT2D eigenvalue weighted by Crippen LogP contribution is 2.33. The molecule has 96 valence electrons. The van der Waals surface area contributed by atoms with Crippen LogP contribution in [0.3, 0.4) is 0 Å². The topological polar surface area (TPSA) is 61.5 Å². The maximum atomic E-state index is 5.39. The zero-order valence-electron chi connectivity index (χ0n) is 10.6. The molecule has 2 heterocycles. The molecule has 0 unspecified atom stereocenters. The van der Waals surface area contributed by atoms with Crippen molar-refractivity contribution in [1.29, 1.82) is 0 Å². The number of fused-ring (bicyclic) bond motifs is 1. The number of nitrogens with zero attached hydrogens (tertiary/aromatic N) is 4. The third-order valence-electron chi connectivity index (χ3n) is 2.89. The molecule has 3 aromatic rings. The fraction of sp³-hybridized carbons (Fsp3) is 0.154. The molecule has 0 aliphatic carbocycles. The third kappa shape index (κ3) is 1.87. The average Bonchev–Trinajstić information content (AvgIpc) is 2.94. The number of ether oxygens (including phenoxy) is 2. The molecule has 0 atom stereocenters. The van der Waals surface area contributed by atoms with Crippen molar-refractivity contribution >= 4 is 5.78 Å². The fourth-order valence-corrected chi connectivity index (χ4v) is 1.98. The Hall–Kier alpha value is -2.63. The smallest absolute Gasteiger partial charge is 0.255 e. The van der Waals surface area contributed by atoms with E-state index in [1.165, 1.54) is 0 Å². The lowest BCUT2D eigenvalue weighted by Gasteiger charge is -2.11. The molecule has 1 aromatic carbocycles. The van der Waals surface area contributed by atoms with E-state index in [9.17, 15) is 0 Å². The van der Waals surface area contributed by atoms with E-state index in [2.05, 4.69) is 15.2 Å². The molecule has 0 saturated carbocycles. The van der Waals surface area contributed by atoms with Crippen molar-refractivity contribution in [3.05, 3.63) is 36.8 Å². The average molecular weight is 256 g/mol. The van der Waals surface area contributed by atoms with E-state index in [0.717, 1.165) is 22.8 Å². The first-order chi connectivity index (χ1) is 9.33. The van der Waals surface area contributed by atoms with Crippen LogP contribution in [0.25, 0.3) is 17.0 Å². The summed E-state index contributed by atoms with van der Waals surface area (Å²) in [6.45, 7) is 0. The minimum atomic E-state index is 0.544. The molecule has 6 nitrogen and oxygen atoms in total. The lowest BCUT2D eigenvalue weighted by atomic mass is 10.1. The van der Waals surface area contributed by atoms with Gasteiger partial charge < -0.3 is 9.47 Å². The molecule has 0 bridgehead atoms. The highest BCUT2D eigenvalue weighted by molar-refractivity contribution is 5.70. The van der Waals surface area contributed by atoms with Crippen molar-refractivity contribution in [1.82, 2.24) is 19.6 Å². The molecule has 0 amide bonds. The third-order valence-corrected chi connectivity index (χ3v) is 2.89. The van der Waals surface area contributed by atoms with Gasteiger partial charge >= 0.3 is 0 Å². The van der Waals surface area contributed by atoms with Crippen LogP contribution in [0.2, 0.25) is 0 Å². The Balaban J connectivity index is 2.28. The fourth-order valence-electron chi connectivity index (χ4n) is 1.98. The van der Waals surface area contributed by atoms with E-state index < -0.39 is 0 Å². The Bertz CT molecular complexity index is 723. The van der Waals surface area contributed by atoms with Gasteiger partial charge in [0.15, 0.2) is 0 Å². The van der Waals surface area contributed by atoms with Crippen molar-refractivity contribution in [3.63, 3.8) is 0 Å². The van der Waals surface area contributed by atoms with Crippen LogP contribution >= 0.6 is 0 Å². The number of benzene rings is 1. The first-order valence-electron chi connectivity index (χ1n) is 5.70. The van der Waals surface area contributed by atoms with Gasteiger partial charge in [-0.15, -0.1) is 10.2 Å². The predicted octanol–water partition coefficient (Wildman–Crippen LogP) is 1.81. The Morgan fingerprint density at radius 1 is 1.11 bits per heavy atom. The second-order valence-corrected chi connectivity index (χ2v) is 3.90. The molecular weight excluding hydrogens is 244 g/mol. The van der Waals surface area contributed by atoms with Gasteiger partial charge in [0.2, 0.25) is 0 Å². The van der Waals surface area contributed by atoms with E-state index in [4.69, 9.17) is 9.47 Å². The zero-order chi connectivity index (χ0) is 13.2. The minimum Gasteiger partial charge on any atom is -0.497 e. The largest absolute Gasteiger partial charge is 0.497 e. The van der Waals surface area contributed by atoms with Gasteiger partial charge in [0.1, 0.15) is 17.8 Å². The maximum Gasteiger partial charge on any atom is 0.255 e. The lowest BCUT2D eigenvalue weighted by molar-refractivity contribution is 0.404. The van der Waals surface area contributed by atoms with Crippen molar-refractivity contribution in [3.8, 4) is 22.8 Å². The normalized spacial score (nSPS) is 10.6. The Kier molecular flexibility index (Phi) is 2.75. The summed E-state index contributed by atoms with van der Waals surface area (Å²) in [5, 5.41) is 7.80. The van der Waals surface area contributed by atoms with Crippen LogP contribution in [0.1, 0.15) is 0 Å². The second kappa shape index (κ2) is 4.56. The van der Waals surface area contributed by atoms with Gasteiger partial charge in [-0.05, 0) is 24.3 Å². The number of methoxy groups -OCH3 is 2. The molecule has 2 aromatic heterocycles. The molecular formula is C13H12N4O2. The van der Waals surface area contributed by atoms with Crippen molar-refractivity contribution < 1.29 is 9.47 Å². The van der Waals surface area contributed by atoms with Gasteiger partial charge in [0.05, 0.1) is 19.9 Å². The van der Waals surface area contributed by atoms with Gasteiger partial charge in [0.25, 0.3) is 5.78 Å². The molecule has 0 aliphatic heterocycles. The molecule has 6 heteroatoms. The molecule has 0 radical (unpaired) electrons. The summed E-state index contributed by atoms with van der Waals surface area (Å²) in [5.74, 6) is 2.05. The highest BCUT2D eigenvalue weighted by atomic mass is 16.5. The summed E-state index contributed by atoms with van der Waals surface area (Å²) in [4.78, 5) is 4.14. The van der Waals surface area contributed by atoms with Crippen LogP contribution in [0, 0.1) is 0 Å². The van der Waals surface area contributed by atoms with Gasteiger partial charge in [-0.3, -0.25) is 4.40 Å². The highest BCUT2D eigenvalue weighted by Gasteiger charge is 2.11. The first-order valence-corrected chi connectivity index (χ1v) is 5.70. The van der Waals surface area contributed by atoms with E-state index in [1.54, 1.807) is 31.1 Å². The van der Waals surface area contributed by atoms with Crippen LogP contribution in [0.4, 0.5) is 0 Å². The van der Waals surface area contributed by atoms with Crippen LogP contribution in [-0.2, 0) is 0 Å². The zero-order valence-corrected chi connectivity index (χ0v) is 10.6. The van der Waals surface area contributed by atoms with Crippen LogP contribution < -0.4 is 9.47 Å². The van der Waals surface area contributed by atoms with Gasteiger partial charge in [-0.1, -0.05) is 0 Å². The number of aromatic nitrogens is 4. The van der Waals surface area contributed by atoms with Gasteiger partial charge in [-0.25, -0.2) is 4.98 Å². The van der Waals surface area contributed by atoms with Crippen LogP contribution in [0.5, 0.6) is 11.5 Å². The summed E-state index contributed by atoms with van der Waals surface area (Å²) >= 11 is 0. The molecule has 3 rings (SSSR count). The summed E-state index contributed by atoms with van der Waals surface area (Å²) in [6.07, 6.45) is 3.31. The SMILES string of the molecule is COc1ccc(OC)c(-c2ccnc3nncn23)c1. The van der Waals surface area contributed by atoms with Gasteiger partial charge in [-0.2, -0.15) is 0 Å². The standard InChI is InChI=1S/C13H12N4O2/c1-18-9-3-4-12(19-2)10(7-9)11-5-6-14-13-16-15-8-17(11)13/h3-8H,1-2H3. The monoisotopic (exact) mass is 256 g/mol. The summed E-state index contributed by atoms with van der Waals surface area (Å²) < 4.78 is 12.5. The minimum absolute atomic E-state index is 0.544. The van der Waals surface area contributed by atoms with Crippen LogP contribution in [-0.4, -0.2) is 33.8 Å². The number of rotatable bonds is 3. The Morgan fingerprint density at radius 3 is 2.79 bits per heavy atom. The molecule has 0 N–H and O–H groups in total. The van der Waals surface area contributed by atoms with Crippen LogP contribution in [0.15, 0.2) is 36.8 Å². The van der Waals surface area contributed by atoms with E-state index in [0.29, 0.717) is 5.78 Å². The van der Waals surface area contributed by atoms with Crippen molar-refractivity contribution in [2.24, 2.45) is 0 Å². The molecule has 19 heavy (non-hydrogen) atoms.